The summed E-state index contributed by atoms with van der Waals surface area (Å²) in [6, 6.07) is 8.07. The molecule has 0 amide bonds. The topological polar surface area (TPSA) is 203 Å². The van der Waals surface area contributed by atoms with Gasteiger partial charge in [-0.1, -0.05) is 30.4 Å². The lowest BCUT2D eigenvalue weighted by Crippen LogP contribution is -2.60. The molecule has 0 aromatic heterocycles. The quantitative estimate of drug-likeness (QED) is 0.105. The first-order chi connectivity index (χ1) is 18.0. The van der Waals surface area contributed by atoms with Crippen molar-refractivity contribution in [3.05, 3.63) is 71.8 Å². The summed E-state index contributed by atoms with van der Waals surface area (Å²) in [5, 5.41) is 68.4. The van der Waals surface area contributed by atoms with Crippen LogP contribution in [0, 0.1) is 0 Å². The van der Waals surface area contributed by atoms with Gasteiger partial charge in [0, 0.05) is 12.2 Å². The number of carboxylic acids is 1. The molecular formula is C26H26O12. The molecule has 1 heterocycles. The lowest BCUT2D eigenvalue weighted by atomic mass is 9.99. The van der Waals surface area contributed by atoms with Crippen LogP contribution in [0.1, 0.15) is 11.1 Å². The van der Waals surface area contributed by atoms with Gasteiger partial charge in [-0.15, -0.1) is 0 Å². The molecule has 7 N–H and O–H groups in total. The molecule has 202 valence electrons. The number of aliphatic hydroxyl groups excluding tert-OH is 3. The van der Waals surface area contributed by atoms with E-state index >= 15 is 0 Å². The van der Waals surface area contributed by atoms with E-state index in [4.69, 9.17) is 19.3 Å². The van der Waals surface area contributed by atoms with Gasteiger partial charge in [0.25, 0.3) is 0 Å². The zero-order valence-electron chi connectivity index (χ0n) is 19.7. The molecule has 0 spiro atoms. The Hall–Kier alpha value is -4.36. The first-order valence-corrected chi connectivity index (χ1v) is 11.2. The maximum Gasteiger partial charge on any atom is 0.330 e. The number of aliphatic carboxylic acids is 1. The normalized spacial score (nSPS) is 23.7. The number of hydrogen-bond acceptors (Lipinski definition) is 11. The molecule has 2 aromatic rings. The monoisotopic (exact) mass is 530 g/mol. The van der Waals surface area contributed by atoms with E-state index in [0.29, 0.717) is 11.1 Å². The molecule has 5 atom stereocenters. The SMILES string of the molecule is O=C(O)/C=C/C=C/c1ccc(O)c(O[C@@H]2O[C@H](COC(=O)/C=C/c3ccc(O)c(O)c3)[C@@H](O)[C@H](O)[C@H]2O)c1. The maximum absolute atomic E-state index is 12.1. The Morgan fingerprint density at radius 1 is 0.816 bits per heavy atom. The smallest absolute Gasteiger partial charge is 0.330 e. The fraction of sp³-hybridized carbons (Fsp3) is 0.231. The van der Waals surface area contributed by atoms with Gasteiger partial charge in [0.05, 0.1) is 0 Å². The molecule has 0 bridgehead atoms. The minimum Gasteiger partial charge on any atom is -0.504 e. The minimum absolute atomic E-state index is 0.141. The summed E-state index contributed by atoms with van der Waals surface area (Å²) in [5.74, 6) is -3.13. The third-order valence-electron chi connectivity index (χ3n) is 5.34. The molecular weight excluding hydrogens is 504 g/mol. The van der Waals surface area contributed by atoms with E-state index in [9.17, 15) is 40.2 Å². The number of aromatic hydroxyl groups is 3. The van der Waals surface area contributed by atoms with Crippen molar-refractivity contribution in [3.63, 3.8) is 0 Å². The molecule has 0 aliphatic carbocycles. The number of allylic oxidation sites excluding steroid dienone is 2. The number of phenolic OH excluding ortho intramolecular Hbond substituents is 3. The number of rotatable bonds is 9. The van der Waals surface area contributed by atoms with Crippen LogP contribution in [0.15, 0.2) is 60.7 Å². The van der Waals surface area contributed by atoms with Gasteiger partial charge in [0.2, 0.25) is 6.29 Å². The van der Waals surface area contributed by atoms with Crippen molar-refractivity contribution < 1.29 is 59.5 Å². The number of carboxylic acid groups (broad SMARTS) is 1. The summed E-state index contributed by atoms with van der Waals surface area (Å²) in [7, 11) is 0. The molecule has 1 fully saturated rings. The van der Waals surface area contributed by atoms with Crippen molar-refractivity contribution >= 4 is 24.1 Å². The number of ether oxygens (including phenoxy) is 3. The predicted octanol–water partition coefficient (Wildman–Crippen LogP) is 0.900. The lowest BCUT2D eigenvalue weighted by molar-refractivity contribution is -0.278. The Balaban J connectivity index is 1.64. The highest BCUT2D eigenvalue weighted by Crippen LogP contribution is 2.32. The Kier molecular flexibility index (Phi) is 9.46. The Morgan fingerprint density at radius 2 is 1.50 bits per heavy atom. The van der Waals surface area contributed by atoms with Gasteiger partial charge in [-0.2, -0.15) is 0 Å². The Bertz CT molecular complexity index is 1230. The van der Waals surface area contributed by atoms with Crippen LogP contribution < -0.4 is 4.74 Å². The van der Waals surface area contributed by atoms with E-state index < -0.39 is 49.3 Å². The van der Waals surface area contributed by atoms with Gasteiger partial charge in [-0.05, 0) is 41.5 Å². The van der Waals surface area contributed by atoms with Gasteiger partial charge in [0.15, 0.2) is 23.0 Å². The number of benzene rings is 2. The van der Waals surface area contributed by atoms with E-state index in [0.717, 1.165) is 12.2 Å². The zero-order valence-corrected chi connectivity index (χ0v) is 19.7. The van der Waals surface area contributed by atoms with Crippen LogP contribution >= 0.6 is 0 Å². The number of hydrogen-bond donors (Lipinski definition) is 7. The van der Waals surface area contributed by atoms with Gasteiger partial charge in [0.1, 0.15) is 31.0 Å². The van der Waals surface area contributed by atoms with Crippen molar-refractivity contribution in [1.29, 1.82) is 0 Å². The summed E-state index contributed by atoms with van der Waals surface area (Å²) in [6.07, 6.45) is -0.447. The lowest BCUT2D eigenvalue weighted by Gasteiger charge is -2.39. The average Bonchev–Trinajstić information content (AvgIpc) is 2.88. The van der Waals surface area contributed by atoms with E-state index in [1.807, 2.05) is 0 Å². The molecule has 0 saturated carbocycles. The molecule has 0 radical (unpaired) electrons. The van der Waals surface area contributed by atoms with Crippen LogP contribution in [0.4, 0.5) is 0 Å². The molecule has 1 aliphatic rings. The van der Waals surface area contributed by atoms with Gasteiger partial charge < -0.3 is 50.0 Å². The van der Waals surface area contributed by atoms with E-state index in [1.54, 1.807) is 0 Å². The second-order valence-corrected chi connectivity index (χ2v) is 8.13. The zero-order chi connectivity index (χ0) is 27.8. The first kappa shape index (κ1) is 28.2. The van der Waals surface area contributed by atoms with E-state index in [-0.39, 0.29) is 23.0 Å². The van der Waals surface area contributed by atoms with Crippen LogP contribution in [0.5, 0.6) is 23.0 Å². The van der Waals surface area contributed by atoms with Crippen LogP contribution in [0.25, 0.3) is 12.2 Å². The van der Waals surface area contributed by atoms with Crippen LogP contribution in [-0.4, -0.2) is 85.0 Å². The van der Waals surface area contributed by atoms with Crippen molar-refractivity contribution in [2.24, 2.45) is 0 Å². The molecule has 2 aromatic carbocycles. The van der Waals surface area contributed by atoms with E-state index in [2.05, 4.69) is 0 Å². The summed E-state index contributed by atoms with van der Waals surface area (Å²) in [5.41, 5.74) is 0.894. The molecule has 38 heavy (non-hydrogen) atoms. The maximum atomic E-state index is 12.1. The third kappa shape index (κ3) is 7.57. The summed E-state index contributed by atoms with van der Waals surface area (Å²) in [4.78, 5) is 22.6. The van der Waals surface area contributed by atoms with Crippen molar-refractivity contribution in [1.82, 2.24) is 0 Å². The second-order valence-electron chi connectivity index (χ2n) is 8.13. The second kappa shape index (κ2) is 12.7. The van der Waals surface area contributed by atoms with Crippen molar-refractivity contribution in [3.8, 4) is 23.0 Å². The summed E-state index contributed by atoms with van der Waals surface area (Å²) in [6.45, 7) is -0.528. The number of aliphatic hydroxyl groups is 3. The van der Waals surface area contributed by atoms with Crippen molar-refractivity contribution in [2.45, 2.75) is 30.7 Å². The number of esters is 1. The number of phenols is 3. The van der Waals surface area contributed by atoms with Crippen LogP contribution in [-0.2, 0) is 19.1 Å². The fourth-order valence-corrected chi connectivity index (χ4v) is 3.33. The highest BCUT2D eigenvalue weighted by molar-refractivity contribution is 5.87. The van der Waals surface area contributed by atoms with Crippen LogP contribution in [0.2, 0.25) is 0 Å². The van der Waals surface area contributed by atoms with Crippen LogP contribution in [0.3, 0.4) is 0 Å². The standard InChI is InChI=1S/C26H26O12/c27-16-8-5-15(11-18(16)29)7-10-22(32)36-13-20-23(33)24(34)25(35)26(38-20)37-19-12-14(6-9-17(19)28)3-1-2-4-21(30)31/h1-12,20,23-29,33-35H,13H2,(H,30,31)/b3-1+,4-2+,10-7+/t20-,23-,24+,25-,26-/m1/s1. The molecule has 3 rings (SSSR count). The first-order valence-electron chi connectivity index (χ1n) is 11.2. The predicted molar refractivity (Wildman–Crippen MR) is 131 cm³/mol. The van der Waals surface area contributed by atoms with E-state index in [1.165, 1.54) is 60.7 Å². The van der Waals surface area contributed by atoms with Crippen molar-refractivity contribution in [2.75, 3.05) is 6.61 Å². The molecule has 12 heteroatoms. The largest absolute Gasteiger partial charge is 0.504 e. The molecule has 1 saturated heterocycles. The summed E-state index contributed by atoms with van der Waals surface area (Å²) >= 11 is 0. The highest BCUT2D eigenvalue weighted by atomic mass is 16.7. The Morgan fingerprint density at radius 3 is 2.18 bits per heavy atom. The van der Waals surface area contributed by atoms with Gasteiger partial charge in [-0.25, -0.2) is 9.59 Å². The molecule has 1 aliphatic heterocycles. The number of carbonyl (C=O) groups excluding carboxylic acids is 1. The van der Waals surface area contributed by atoms with Gasteiger partial charge >= 0.3 is 11.9 Å². The third-order valence-corrected chi connectivity index (χ3v) is 5.34. The number of carbonyl (C=O) groups is 2. The molecule has 0 unspecified atom stereocenters. The van der Waals surface area contributed by atoms with Gasteiger partial charge in [-0.3, -0.25) is 0 Å². The summed E-state index contributed by atoms with van der Waals surface area (Å²) < 4.78 is 16.1. The Labute approximate surface area is 216 Å². The molecule has 12 nitrogen and oxygen atoms in total. The average molecular weight is 530 g/mol. The fourth-order valence-electron chi connectivity index (χ4n) is 3.33. The highest BCUT2D eigenvalue weighted by Gasteiger charge is 2.45. The minimum atomic E-state index is -1.74.